The number of piperazine rings is 1. The molecular formula is C20H20ClN3O3S3. The molecule has 158 valence electrons. The normalized spacial score (nSPS) is 15.6. The van der Waals surface area contributed by atoms with Gasteiger partial charge in [-0.25, -0.2) is 13.4 Å². The van der Waals surface area contributed by atoms with E-state index < -0.39 is 10.0 Å². The van der Waals surface area contributed by atoms with E-state index in [4.69, 9.17) is 11.6 Å². The number of aryl methyl sites for hydroxylation is 1. The number of carbonyl (C=O) groups is 1. The minimum absolute atomic E-state index is 0.0103. The van der Waals surface area contributed by atoms with Crippen molar-refractivity contribution in [2.45, 2.75) is 16.2 Å². The fourth-order valence-corrected chi connectivity index (χ4v) is 7.30. The number of sulfonamides is 1. The molecule has 0 atom stereocenters. The van der Waals surface area contributed by atoms with Crippen molar-refractivity contribution in [3.05, 3.63) is 52.4 Å². The lowest BCUT2D eigenvalue weighted by atomic mass is 10.1. The van der Waals surface area contributed by atoms with Crippen molar-refractivity contribution in [3.63, 3.8) is 0 Å². The van der Waals surface area contributed by atoms with Crippen LogP contribution in [0.4, 0.5) is 0 Å². The van der Waals surface area contributed by atoms with Crippen LogP contribution in [0, 0.1) is 6.92 Å². The average Bonchev–Trinajstić information content (AvgIpc) is 3.19. The highest BCUT2D eigenvalue weighted by atomic mass is 35.5. The summed E-state index contributed by atoms with van der Waals surface area (Å²) in [6.07, 6.45) is 0. The van der Waals surface area contributed by atoms with E-state index in [0.717, 1.165) is 32.8 Å². The first-order valence-corrected chi connectivity index (χ1v) is 13.0. The Hall–Kier alpha value is -1.65. The zero-order valence-electron chi connectivity index (χ0n) is 16.2. The number of thiophene rings is 1. The van der Waals surface area contributed by atoms with Crippen LogP contribution in [0.15, 0.2) is 51.7 Å². The van der Waals surface area contributed by atoms with Gasteiger partial charge in [0.2, 0.25) is 5.91 Å². The molecule has 1 aliphatic rings. The first-order chi connectivity index (χ1) is 14.3. The number of aromatic nitrogens is 1. The van der Waals surface area contributed by atoms with Gasteiger partial charge in [0.25, 0.3) is 10.0 Å². The minimum atomic E-state index is -3.56. The molecule has 1 saturated heterocycles. The molecule has 0 bridgehead atoms. The molecule has 10 heteroatoms. The Labute approximate surface area is 188 Å². The van der Waals surface area contributed by atoms with Crippen LogP contribution in [0.1, 0.15) is 5.56 Å². The van der Waals surface area contributed by atoms with Crippen LogP contribution < -0.4 is 0 Å². The first-order valence-electron chi connectivity index (χ1n) is 9.37. The molecule has 0 saturated carbocycles. The lowest BCUT2D eigenvalue weighted by Crippen LogP contribution is -2.50. The fraction of sp³-hybridized carbons (Fsp3) is 0.300. The number of hydrogen-bond acceptors (Lipinski definition) is 6. The molecule has 1 fully saturated rings. The van der Waals surface area contributed by atoms with E-state index in [2.05, 4.69) is 4.98 Å². The summed E-state index contributed by atoms with van der Waals surface area (Å²) in [6, 6.07) is 13.0. The number of halogens is 1. The lowest BCUT2D eigenvalue weighted by molar-refractivity contribution is -0.129. The number of hydrogen-bond donors (Lipinski definition) is 0. The second-order valence-electron chi connectivity index (χ2n) is 6.93. The van der Waals surface area contributed by atoms with Gasteiger partial charge in [0.1, 0.15) is 4.21 Å². The van der Waals surface area contributed by atoms with E-state index in [9.17, 15) is 13.2 Å². The van der Waals surface area contributed by atoms with Gasteiger partial charge in [0.15, 0.2) is 0 Å². The molecule has 0 N–H and O–H groups in total. The van der Waals surface area contributed by atoms with E-state index in [1.54, 1.807) is 11.0 Å². The maximum atomic E-state index is 12.7. The van der Waals surface area contributed by atoms with Gasteiger partial charge in [-0.3, -0.25) is 4.79 Å². The minimum Gasteiger partial charge on any atom is -0.339 e. The summed E-state index contributed by atoms with van der Waals surface area (Å²) in [6.45, 7) is 3.35. The molecular weight excluding hydrogens is 462 g/mol. The van der Waals surface area contributed by atoms with E-state index >= 15 is 0 Å². The Kier molecular flexibility index (Phi) is 6.36. The first kappa shape index (κ1) is 21.6. The van der Waals surface area contributed by atoms with Crippen molar-refractivity contribution in [3.8, 4) is 0 Å². The number of pyridine rings is 1. The van der Waals surface area contributed by atoms with E-state index in [1.165, 1.54) is 22.1 Å². The Balaban J connectivity index is 1.35. The predicted octanol–water partition coefficient (Wildman–Crippen LogP) is 3.88. The van der Waals surface area contributed by atoms with Gasteiger partial charge in [-0.2, -0.15) is 4.31 Å². The van der Waals surface area contributed by atoms with E-state index in [0.29, 0.717) is 17.4 Å². The summed E-state index contributed by atoms with van der Waals surface area (Å²) >= 11 is 8.33. The average molecular weight is 482 g/mol. The topological polar surface area (TPSA) is 70.6 Å². The van der Waals surface area contributed by atoms with Gasteiger partial charge < -0.3 is 4.90 Å². The molecule has 6 nitrogen and oxygen atoms in total. The van der Waals surface area contributed by atoms with Crippen molar-refractivity contribution in [2.75, 3.05) is 31.9 Å². The quantitative estimate of drug-likeness (QED) is 0.517. The largest absolute Gasteiger partial charge is 0.339 e. The molecule has 1 amide bonds. The number of carbonyl (C=O) groups excluding carboxylic acids is 1. The number of para-hydroxylation sites is 1. The summed E-state index contributed by atoms with van der Waals surface area (Å²) in [4.78, 5) is 19.0. The van der Waals surface area contributed by atoms with Crippen molar-refractivity contribution in [1.29, 1.82) is 0 Å². The molecule has 0 aliphatic carbocycles. The Bertz CT molecular complexity index is 1190. The SMILES string of the molecule is Cc1cc(SCC(=O)N2CCN(S(=O)(=O)c3ccc(Cl)s3)CC2)nc2ccccc12. The van der Waals surface area contributed by atoms with Crippen molar-refractivity contribution in [1.82, 2.24) is 14.2 Å². The van der Waals surface area contributed by atoms with Gasteiger partial charge >= 0.3 is 0 Å². The number of benzene rings is 1. The summed E-state index contributed by atoms with van der Waals surface area (Å²) < 4.78 is 27.5. The lowest BCUT2D eigenvalue weighted by Gasteiger charge is -2.33. The number of nitrogens with zero attached hydrogens (tertiary/aromatic N) is 3. The summed E-state index contributed by atoms with van der Waals surface area (Å²) in [5.74, 6) is 0.266. The Morgan fingerprint density at radius 1 is 1.17 bits per heavy atom. The van der Waals surface area contributed by atoms with Gasteiger partial charge in [-0.1, -0.05) is 41.6 Å². The summed E-state index contributed by atoms with van der Waals surface area (Å²) in [7, 11) is -3.56. The van der Waals surface area contributed by atoms with Crippen molar-refractivity contribution < 1.29 is 13.2 Å². The van der Waals surface area contributed by atoms with Crippen LogP contribution in [0.2, 0.25) is 4.34 Å². The second-order valence-corrected chi connectivity index (χ2v) is 11.8. The van der Waals surface area contributed by atoms with E-state index in [-0.39, 0.29) is 29.0 Å². The van der Waals surface area contributed by atoms with E-state index in [1.807, 2.05) is 37.3 Å². The van der Waals surface area contributed by atoms with Crippen LogP contribution in [0.25, 0.3) is 10.9 Å². The van der Waals surface area contributed by atoms with Crippen LogP contribution >= 0.6 is 34.7 Å². The molecule has 30 heavy (non-hydrogen) atoms. The second kappa shape index (κ2) is 8.84. The monoisotopic (exact) mass is 481 g/mol. The predicted molar refractivity (Wildman–Crippen MR) is 122 cm³/mol. The molecule has 4 rings (SSSR count). The standard InChI is InChI=1S/C20H20ClN3O3S3/c1-14-12-18(22-16-5-3-2-4-15(14)16)28-13-19(25)23-8-10-24(11-9-23)30(26,27)20-7-6-17(21)29-20/h2-7,12H,8-11,13H2,1H3. The molecule has 1 aliphatic heterocycles. The highest BCUT2D eigenvalue weighted by Crippen LogP contribution is 2.29. The molecule has 2 aromatic heterocycles. The number of amides is 1. The fourth-order valence-electron chi connectivity index (χ4n) is 3.36. The van der Waals surface area contributed by atoms with Gasteiger partial charge in [0, 0.05) is 31.6 Å². The van der Waals surface area contributed by atoms with Gasteiger partial charge in [-0.05, 0) is 36.8 Å². The third kappa shape index (κ3) is 4.50. The van der Waals surface area contributed by atoms with Crippen LogP contribution in [0.5, 0.6) is 0 Å². The zero-order valence-corrected chi connectivity index (χ0v) is 19.5. The third-order valence-electron chi connectivity index (χ3n) is 4.98. The summed E-state index contributed by atoms with van der Waals surface area (Å²) in [5, 5.41) is 1.92. The zero-order chi connectivity index (χ0) is 21.3. The molecule has 0 spiro atoms. The molecule has 1 aromatic carbocycles. The molecule has 0 radical (unpaired) electrons. The van der Waals surface area contributed by atoms with Gasteiger partial charge in [0.05, 0.1) is 20.6 Å². The van der Waals surface area contributed by atoms with Gasteiger partial charge in [-0.15, -0.1) is 11.3 Å². The van der Waals surface area contributed by atoms with Crippen LogP contribution in [0.3, 0.4) is 0 Å². The van der Waals surface area contributed by atoms with Crippen LogP contribution in [-0.2, 0) is 14.8 Å². The van der Waals surface area contributed by atoms with Crippen molar-refractivity contribution >= 4 is 61.5 Å². The highest BCUT2D eigenvalue weighted by Gasteiger charge is 2.31. The third-order valence-corrected chi connectivity index (χ3v) is 9.47. The molecule has 0 unspecified atom stereocenters. The highest BCUT2D eigenvalue weighted by molar-refractivity contribution is 7.99. The Morgan fingerprint density at radius 2 is 1.90 bits per heavy atom. The maximum Gasteiger partial charge on any atom is 0.252 e. The van der Waals surface area contributed by atoms with Crippen molar-refractivity contribution in [2.24, 2.45) is 0 Å². The molecule has 3 heterocycles. The molecule has 3 aromatic rings. The smallest absolute Gasteiger partial charge is 0.252 e. The number of rotatable bonds is 5. The maximum absolute atomic E-state index is 12.7. The summed E-state index contributed by atoms with van der Waals surface area (Å²) in [5.41, 5.74) is 2.04. The number of thioether (sulfide) groups is 1. The number of fused-ring (bicyclic) bond motifs is 1. The van der Waals surface area contributed by atoms with Crippen LogP contribution in [-0.4, -0.2) is 60.4 Å². The Morgan fingerprint density at radius 3 is 2.60 bits per heavy atom.